The van der Waals surface area contributed by atoms with Gasteiger partial charge in [0, 0.05) is 6.20 Å². The summed E-state index contributed by atoms with van der Waals surface area (Å²) < 4.78 is 0. The van der Waals surface area contributed by atoms with E-state index in [0.29, 0.717) is 0 Å². The molecular weight excluding hydrogens is 374 g/mol. The fourth-order valence-electron chi connectivity index (χ4n) is 2.92. The molecule has 1 unspecified atom stereocenters. The summed E-state index contributed by atoms with van der Waals surface area (Å²) in [5, 5.41) is 6.56. The van der Waals surface area contributed by atoms with Crippen molar-refractivity contribution in [2.75, 3.05) is 15.1 Å². The van der Waals surface area contributed by atoms with Crippen LogP contribution in [-0.2, 0) is 0 Å². The number of anilines is 3. The fourth-order valence-corrected chi connectivity index (χ4v) is 3.47. The van der Waals surface area contributed by atoms with Crippen molar-refractivity contribution in [3.63, 3.8) is 0 Å². The molecule has 4 heteroatoms. The summed E-state index contributed by atoms with van der Waals surface area (Å²) in [6, 6.07) is 31.1. The van der Waals surface area contributed by atoms with Crippen molar-refractivity contribution < 1.29 is 0 Å². The van der Waals surface area contributed by atoms with Gasteiger partial charge in [0.05, 0.1) is 17.1 Å². The van der Waals surface area contributed by atoms with Gasteiger partial charge in [-0.3, -0.25) is 0 Å². The molecule has 1 atom stereocenters. The molecule has 3 aromatic carbocycles. The van der Waals surface area contributed by atoms with Gasteiger partial charge in [0.1, 0.15) is 4.95 Å². The first-order valence-corrected chi connectivity index (χ1v) is 9.12. The molecule has 25 heavy (non-hydrogen) atoms. The first-order chi connectivity index (χ1) is 12.3. The summed E-state index contributed by atoms with van der Waals surface area (Å²) >= 11 is 3.80. The maximum absolute atomic E-state index is 3.80. The molecule has 124 valence electrons. The highest BCUT2D eigenvalue weighted by Gasteiger charge is 2.30. The first-order valence-electron chi connectivity index (χ1n) is 8.20. The van der Waals surface area contributed by atoms with Crippen molar-refractivity contribution in [2.24, 2.45) is 0 Å². The number of nitrogens with zero attached hydrogens (tertiary/aromatic N) is 3. The Morgan fingerprint density at radius 2 is 1.08 bits per heavy atom. The molecule has 1 heterocycles. The zero-order chi connectivity index (χ0) is 17.1. The van der Waals surface area contributed by atoms with E-state index in [0.717, 1.165) is 17.1 Å². The van der Waals surface area contributed by atoms with E-state index in [2.05, 4.69) is 116 Å². The lowest BCUT2D eigenvalue weighted by Crippen LogP contribution is -2.57. The van der Waals surface area contributed by atoms with E-state index < -0.39 is 0 Å². The van der Waals surface area contributed by atoms with E-state index >= 15 is 0 Å². The summed E-state index contributed by atoms with van der Waals surface area (Å²) in [5.74, 6) is 0. The number of para-hydroxylation sites is 3. The number of alkyl halides is 1. The van der Waals surface area contributed by atoms with Gasteiger partial charge >= 0.3 is 0 Å². The minimum Gasteiger partial charge on any atom is -0.249 e. The van der Waals surface area contributed by atoms with Crippen LogP contribution >= 0.6 is 15.9 Å². The Hall–Kier alpha value is -2.72. The molecule has 0 amide bonds. The van der Waals surface area contributed by atoms with Crippen LogP contribution in [-0.4, -0.2) is 4.95 Å². The van der Waals surface area contributed by atoms with Gasteiger partial charge in [-0.05, 0) is 42.5 Å². The van der Waals surface area contributed by atoms with Gasteiger partial charge in [-0.25, -0.2) is 10.0 Å². The summed E-state index contributed by atoms with van der Waals surface area (Å²) in [7, 11) is 0. The third kappa shape index (κ3) is 3.13. The number of hydrazine groups is 2. The van der Waals surface area contributed by atoms with Gasteiger partial charge in [-0.2, -0.15) is 5.12 Å². The van der Waals surface area contributed by atoms with Crippen LogP contribution in [0.15, 0.2) is 103 Å². The standard InChI is InChI=1S/C21H18BrN3/c22-21-16-17-23(18-10-4-1-5-11-18)25(20-14-8-3-9-15-20)24(21)19-12-6-2-7-13-19/h1-17,21H. The second-order valence-corrected chi connectivity index (χ2v) is 6.64. The van der Waals surface area contributed by atoms with E-state index in [4.69, 9.17) is 0 Å². The van der Waals surface area contributed by atoms with Crippen molar-refractivity contribution >= 4 is 33.0 Å². The first kappa shape index (κ1) is 15.8. The van der Waals surface area contributed by atoms with E-state index in [1.54, 1.807) is 0 Å². The Morgan fingerprint density at radius 3 is 1.64 bits per heavy atom. The summed E-state index contributed by atoms with van der Waals surface area (Å²) in [5.41, 5.74) is 3.30. The normalized spacial score (nSPS) is 17.0. The van der Waals surface area contributed by atoms with Gasteiger partial charge in [-0.1, -0.05) is 70.5 Å². The zero-order valence-corrected chi connectivity index (χ0v) is 15.2. The zero-order valence-electron chi connectivity index (χ0n) is 13.6. The minimum atomic E-state index is 0.0510. The molecule has 4 rings (SSSR count). The van der Waals surface area contributed by atoms with Gasteiger partial charge in [0.25, 0.3) is 0 Å². The molecule has 3 aromatic rings. The smallest absolute Gasteiger partial charge is 0.127 e. The molecule has 0 aliphatic carbocycles. The minimum absolute atomic E-state index is 0.0510. The molecule has 1 aliphatic heterocycles. The van der Waals surface area contributed by atoms with E-state index in [9.17, 15) is 0 Å². The second-order valence-electron chi connectivity index (χ2n) is 5.70. The SMILES string of the molecule is BrC1C=CN(c2ccccc2)N(c2ccccc2)N1c1ccccc1. The summed E-state index contributed by atoms with van der Waals surface area (Å²) in [6.45, 7) is 0. The average molecular weight is 392 g/mol. The molecule has 0 aromatic heterocycles. The number of benzene rings is 3. The van der Waals surface area contributed by atoms with Crippen molar-refractivity contribution in [1.82, 2.24) is 0 Å². The van der Waals surface area contributed by atoms with Crippen LogP contribution in [0.1, 0.15) is 0 Å². The number of hydrogen-bond acceptors (Lipinski definition) is 3. The predicted octanol–water partition coefficient (Wildman–Crippen LogP) is 5.58. The average Bonchev–Trinajstić information content (AvgIpc) is 2.70. The highest BCUT2D eigenvalue weighted by molar-refractivity contribution is 9.09. The van der Waals surface area contributed by atoms with Crippen molar-refractivity contribution in [3.05, 3.63) is 103 Å². The Balaban J connectivity index is 1.86. The molecule has 0 saturated heterocycles. The molecule has 3 nitrogen and oxygen atoms in total. The number of halogens is 1. The van der Waals surface area contributed by atoms with E-state index in [1.165, 1.54) is 0 Å². The van der Waals surface area contributed by atoms with Crippen molar-refractivity contribution in [2.45, 2.75) is 4.95 Å². The quantitative estimate of drug-likeness (QED) is 0.425. The predicted molar refractivity (Wildman–Crippen MR) is 109 cm³/mol. The van der Waals surface area contributed by atoms with Crippen LogP contribution < -0.4 is 15.1 Å². The Bertz CT molecular complexity index is 837. The van der Waals surface area contributed by atoms with Crippen LogP contribution in [0.25, 0.3) is 0 Å². The highest BCUT2D eigenvalue weighted by Crippen LogP contribution is 2.34. The third-order valence-electron chi connectivity index (χ3n) is 4.06. The lowest BCUT2D eigenvalue weighted by molar-refractivity contribution is 0.714. The number of hydrogen-bond donors (Lipinski definition) is 0. The Kier molecular flexibility index (Phi) is 4.44. The lowest BCUT2D eigenvalue weighted by Gasteiger charge is -2.48. The molecule has 0 fully saturated rings. The maximum atomic E-state index is 3.80. The summed E-state index contributed by atoms with van der Waals surface area (Å²) in [4.78, 5) is 0.0510. The third-order valence-corrected chi connectivity index (χ3v) is 4.75. The van der Waals surface area contributed by atoms with E-state index in [-0.39, 0.29) is 4.95 Å². The number of rotatable bonds is 3. The van der Waals surface area contributed by atoms with Crippen molar-refractivity contribution in [3.8, 4) is 0 Å². The largest absolute Gasteiger partial charge is 0.249 e. The van der Waals surface area contributed by atoms with Crippen LogP contribution in [0.5, 0.6) is 0 Å². The fraction of sp³-hybridized carbons (Fsp3) is 0.0476. The van der Waals surface area contributed by atoms with Crippen LogP contribution in [0.2, 0.25) is 0 Å². The molecule has 0 bridgehead atoms. The van der Waals surface area contributed by atoms with Gasteiger partial charge in [-0.15, -0.1) is 0 Å². The monoisotopic (exact) mass is 391 g/mol. The highest BCUT2D eigenvalue weighted by atomic mass is 79.9. The van der Waals surface area contributed by atoms with Crippen LogP contribution in [0.3, 0.4) is 0 Å². The molecule has 0 spiro atoms. The van der Waals surface area contributed by atoms with E-state index in [1.807, 2.05) is 18.2 Å². The van der Waals surface area contributed by atoms with Crippen molar-refractivity contribution in [1.29, 1.82) is 0 Å². The van der Waals surface area contributed by atoms with Gasteiger partial charge in [0.15, 0.2) is 0 Å². The molecule has 0 radical (unpaired) electrons. The maximum Gasteiger partial charge on any atom is 0.127 e. The van der Waals surface area contributed by atoms with Gasteiger partial charge < -0.3 is 0 Å². The topological polar surface area (TPSA) is 9.72 Å². The van der Waals surface area contributed by atoms with Crippen LogP contribution in [0, 0.1) is 0 Å². The summed E-state index contributed by atoms with van der Waals surface area (Å²) in [6.07, 6.45) is 4.24. The molecule has 0 saturated carbocycles. The molecule has 1 aliphatic rings. The second kappa shape index (κ2) is 7.03. The molecular formula is C21H18BrN3. The Labute approximate surface area is 156 Å². The van der Waals surface area contributed by atoms with Gasteiger partial charge in [0.2, 0.25) is 0 Å². The lowest BCUT2D eigenvalue weighted by atomic mass is 10.2. The van der Waals surface area contributed by atoms with Crippen LogP contribution in [0.4, 0.5) is 17.1 Å². The molecule has 0 N–H and O–H groups in total. The Morgan fingerprint density at radius 1 is 0.600 bits per heavy atom.